The van der Waals surface area contributed by atoms with Gasteiger partial charge in [-0.2, -0.15) is 0 Å². The maximum absolute atomic E-state index is 13.2. The molecule has 150 valence electrons. The van der Waals surface area contributed by atoms with Crippen molar-refractivity contribution < 1.29 is 14.4 Å². The summed E-state index contributed by atoms with van der Waals surface area (Å²) in [5.74, 6) is -0.529. The van der Waals surface area contributed by atoms with Crippen LogP contribution in [0.3, 0.4) is 0 Å². The molecule has 4 rings (SSSR count). The van der Waals surface area contributed by atoms with Gasteiger partial charge in [0.2, 0.25) is 5.91 Å². The second-order valence-electron chi connectivity index (χ2n) is 7.85. The lowest BCUT2D eigenvalue weighted by Gasteiger charge is -2.33. The van der Waals surface area contributed by atoms with E-state index in [9.17, 15) is 14.4 Å². The molecule has 4 amide bonds. The minimum atomic E-state index is -1.04. The van der Waals surface area contributed by atoms with E-state index >= 15 is 0 Å². The van der Waals surface area contributed by atoms with Crippen molar-refractivity contribution in [1.82, 2.24) is 15.5 Å². The number of nitrogens with one attached hydrogen (secondary N) is 2. The van der Waals surface area contributed by atoms with Crippen LogP contribution in [0.15, 0.2) is 54.6 Å². The Bertz CT molecular complexity index is 943. The van der Waals surface area contributed by atoms with Crippen LogP contribution >= 0.6 is 0 Å². The summed E-state index contributed by atoms with van der Waals surface area (Å²) in [6.45, 7) is 2.20. The Labute approximate surface area is 170 Å². The highest BCUT2D eigenvalue weighted by Gasteiger charge is 2.54. The summed E-state index contributed by atoms with van der Waals surface area (Å²) in [7, 11) is 0. The lowest BCUT2D eigenvalue weighted by atomic mass is 9.76. The highest BCUT2D eigenvalue weighted by molar-refractivity contribution is 6.09. The van der Waals surface area contributed by atoms with Crippen LogP contribution < -0.4 is 10.6 Å². The molecule has 0 aromatic heterocycles. The number of nitrogens with zero attached hydrogens (tertiary/aromatic N) is 1. The first-order chi connectivity index (χ1) is 14.0. The van der Waals surface area contributed by atoms with Crippen LogP contribution in [0, 0.1) is 0 Å². The van der Waals surface area contributed by atoms with Gasteiger partial charge in [-0.25, -0.2) is 4.79 Å². The van der Waals surface area contributed by atoms with Crippen molar-refractivity contribution in [2.24, 2.45) is 0 Å². The van der Waals surface area contributed by atoms with Crippen LogP contribution in [0.1, 0.15) is 42.4 Å². The van der Waals surface area contributed by atoms with E-state index in [1.54, 1.807) is 0 Å². The minimum absolute atomic E-state index is 0.139. The average molecular weight is 391 g/mol. The average Bonchev–Trinajstić information content (AvgIpc) is 2.97. The lowest BCUT2D eigenvalue weighted by Crippen LogP contribution is -2.47. The Morgan fingerprint density at radius 1 is 1.14 bits per heavy atom. The van der Waals surface area contributed by atoms with Crippen molar-refractivity contribution in [3.8, 4) is 0 Å². The summed E-state index contributed by atoms with van der Waals surface area (Å²) < 4.78 is 0. The Morgan fingerprint density at radius 2 is 1.86 bits per heavy atom. The van der Waals surface area contributed by atoms with Gasteiger partial charge in [0.25, 0.3) is 5.91 Å². The van der Waals surface area contributed by atoms with Gasteiger partial charge in [0.05, 0.1) is 0 Å². The molecule has 0 bridgehead atoms. The Kier molecular flexibility index (Phi) is 5.09. The largest absolute Gasteiger partial charge is 0.354 e. The molecule has 6 heteroatoms. The first kappa shape index (κ1) is 19.2. The summed E-state index contributed by atoms with van der Waals surface area (Å²) >= 11 is 0. The monoisotopic (exact) mass is 391 g/mol. The highest BCUT2D eigenvalue weighted by Crippen LogP contribution is 2.39. The molecule has 0 radical (unpaired) electrons. The molecule has 1 spiro atoms. The number of urea groups is 1. The molecule has 2 aromatic rings. The quantitative estimate of drug-likeness (QED) is 0.770. The molecule has 2 aliphatic rings. The van der Waals surface area contributed by atoms with Gasteiger partial charge >= 0.3 is 6.03 Å². The zero-order valence-corrected chi connectivity index (χ0v) is 16.5. The number of amides is 4. The second-order valence-corrected chi connectivity index (χ2v) is 7.85. The molecule has 2 aromatic carbocycles. The summed E-state index contributed by atoms with van der Waals surface area (Å²) in [5, 5.41) is 5.73. The second kappa shape index (κ2) is 7.70. The third kappa shape index (κ3) is 3.50. The fourth-order valence-corrected chi connectivity index (χ4v) is 4.32. The van der Waals surface area contributed by atoms with Crippen LogP contribution in [0.25, 0.3) is 0 Å². The number of rotatable bonds is 5. The van der Waals surface area contributed by atoms with Crippen LogP contribution in [0.2, 0.25) is 0 Å². The van der Waals surface area contributed by atoms with Crippen molar-refractivity contribution in [2.45, 2.75) is 37.6 Å². The molecule has 2 atom stereocenters. The summed E-state index contributed by atoms with van der Waals surface area (Å²) in [6, 6.07) is 17.1. The molecule has 1 aliphatic heterocycles. The van der Waals surface area contributed by atoms with Crippen molar-refractivity contribution >= 4 is 17.8 Å². The smallest absolute Gasteiger partial charge is 0.325 e. The number of fused-ring (bicyclic) bond motifs is 2. The van der Waals surface area contributed by atoms with Crippen LogP contribution in [-0.4, -0.2) is 35.8 Å². The number of aryl methyl sites for hydroxylation is 1. The van der Waals surface area contributed by atoms with Crippen molar-refractivity contribution in [2.75, 3.05) is 13.1 Å². The minimum Gasteiger partial charge on any atom is -0.354 e. The molecule has 1 heterocycles. The summed E-state index contributed by atoms with van der Waals surface area (Å²) in [4.78, 5) is 39.3. The maximum Gasteiger partial charge on any atom is 0.325 e. The molecule has 0 unspecified atom stereocenters. The molecule has 1 fully saturated rings. The Morgan fingerprint density at radius 3 is 2.66 bits per heavy atom. The van der Waals surface area contributed by atoms with Gasteiger partial charge in [0.1, 0.15) is 12.1 Å². The fraction of sp³-hybridized carbons (Fsp3) is 0.348. The van der Waals surface area contributed by atoms with Gasteiger partial charge in [-0.1, -0.05) is 61.5 Å². The number of carbonyl (C=O) groups excluding carboxylic acids is 3. The number of carbonyl (C=O) groups is 3. The van der Waals surface area contributed by atoms with Gasteiger partial charge in [0, 0.05) is 6.54 Å². The molecular formula is C23H25N3O3. The van der Waals surface area contributed by atoms with Gasteiger partial charge < -0.3 is 10.6 Å². The van der Waals surface area contributed by atoms with E-state index in [4.69, 9.17) is 0 Å². The van der Waals surface area contributed by atoms with Gasteiger partial charge in [-0.05, 0) is 41.9 Å². The third-order valence-electron chi connectivity index (χ3n) is 5.93. The number of hydrogen-bond acceptors (Lipinski definition) is 3. The summed E-state index contributed by atoms with van der Waals surface area (Å²) in [6.07, 6.45) is 2.26. The van der Waals surface area contributed by atoms with E-state index in [1.165, 1.54) is 0 Å². The Hall–Kier alpha value is -3.15. The van der Waals surface area contributed by atoms with Gasteiger partial charge in [-0.15, -0.1) is 0 Å². The van der Waals surface area contributed by atoms with E-state index in [-0.39, 0.29) is 24.3 Å². The first-order valence-corrected chi connectivity index (χ1v) is 10.1. The first-order valence-electron chi connectivity index (χ1n) is 10.1. The van der Waals surface area contributed by atoms with Crippen LogP contribution in [0.5, 0.6) is 0 Å². The van der Waals surface area contributed by atoms with E-state index < -0.39 is 11.6 Å². The highest BCUT2D eigenvalue weighted by atomic mass is 16.2. The van der Waals surface area contributed by atoms with Gasteiger partial charge in [-0.3, -0.25) is 14.5 Å². The number of hydrogen-bond donors (Lipinski definition) is 2. The molecule has 1 aliphatic carbocycles. The lowest BCUT2D eigenvalue weighted by molar-refractivity contribution is -0.135. The van der Waals surface area contributed by atoms with E-state index in [1.807, 2.05) is 61.5 Å². The predicted molar refractivity (Wildman–Crippen MR) is 109 cm³/mol. The van der Waals surface area contributed by atoms with Crippen molar-refractivity contribution in [1.29, 1.82) is 0 Å². The standard InChI is InChI=1S/C23H25N3O3/c1-16(17-8-3-2-4-9-17)14-24-20(27)15-26-21(28)23(25-22(26)29)13-7-11-18-10-5-6-12-19(18)23/h2-6,8-10,12,16H,7,11,13-15H2,1H3,(H,24,27)(H,25,29)/t16-,23-/m0/s1. The SMILES string of the molecule is C[C@@H](CNC(=O)CN1C(=O)N[C@]2(CCCc3ccccc32)C1=O)c1ccccc1. The van der Waals surface area contributed by atoms with Crippen molar-refractivity contribution in [3.63, 3.8) is 0 Å². The molecular weight excluding hydrogens is 366 g/mol. The van der Waals surface area contributed by atoms with E-state index in [2.05, 4.69) is 10.6 Å². The topological polar surface area (TPSA) is 78.5 Å². The molecule has 2 N–H and O–H groups in total. The van der Waals surface area contributed by atoms with Gasteiger partial charge in [0.15, 0.2) is 0 Å². The Balaban J connectivity index is 1.43. The third-order valence-corrected chi connectivity index (χ3v) is 5.93. The summed E-state index contributed by atoms with van der Waals surface area (Å²) in [5.41, 5.74) is 2.02. The molecule has 0 saturated carbocycles. The number of benzene rings is 2. The normalized spacial score (nSPS) is 21.6. The van der Waals surface area contributed by atoms with E-state index in [0.717, 1.165) is 34.4 Å². The van der Waals surface area contributed by atoms with Crippen LogP contribution in [-0.2, 0) is 21.5 Å². The predicted octanol–water partition coefficient (Wildman–Crippen LogP) is 2.69. The fourth-order valence-electron chi connectivity index (χ4n) is 4.32. The molecule has 1 saturated heterocycles. The zero-order chi connectivity index (χ0) is 20.4. The maximum atomic E-state index is 13.2. The van der Waals surface area contributed by atoms with Crippen LogP contribution in [0.4, 0.5) is 4.79 Å². The molecule has 6 nitrogen and oxygen atoms in total. The zero-order valence-electron chi connectivity index (χ0n) is 16.5. The van der Waals surface area contributed by atoms with E-state index in [0.29, 0.717) is 13.0 Å². The number of imide groups is 1. The van der Waals surface area contributed by atoms with Crippen molar-refractivity contribution in [3.05, 3.63) is 71.3 Å². The molecule has 29 heavy (non-hydrogen) atoms.